The largest absolute Gasteiger partial charge is 0.309 e. The average molecular weight is 983 g/mol. The highest BCUT2D eigenvalue weighted by Crippen LogP contribution is 2.55. The molecule has 9 rings (SSSR count). The number of hydrogen-bond acceptors (Lipinski definition) is 7. The summed E-state index contributed by atoms with van der Waals surface area (Å²) in [6.07, 6.45) is 4.51. The number of rotatable bonds is 8. The molecule has 312 valence electrons. The molecule has 2 aliphatic carbocycles. The number of ketones is 1. The molecule has 1 unspecified atom stereocenters. The van der Waals surface area contributed by atoms with Crippen LogP contribution in [0.3, 0.4) is 0 Å². The standard InChI is InChI=1S/C46H28Cl7N3O5S/c1-19-29(42(58)33-30(19)35(48)40(53)43(37(33)50)62-22-9-3-4-10-22)27-15-14-23-21(17-56-44(59)24-11-5-7-20-8-6-12-25(31(20)24)45(56)60)13-16-28(41(23)54-27)55(2)46(61)32-26(18-57)34(47)38(51)39(52)36(32)49/h5-8,11-16,18,22,29H,1,3-4,9-10,17H2,2H3. The van der Waals surface area contributed by atoms with Gasteiger partial charge in [-0.2, -0.15) is 0 Å². The fourth-order valence-corrected chi connectivity index (χ4v) is 12.2. The number of carbonyl (C=O) groups excluding carboxylic acids is 5. The normalized spacial score (nSPS) is 16.3. The minimum atomic E-state index is -1.06. The van der Waals surface area contributed by atoms with Crippen molar-refractivity contribution in [1.82, 2.24) is 9.88 Å². The number of imide groups is 1. The molecule has 6 aromatic rings. The number of allylic oxidation sites excluding steroid dienone is 1. The van der Waals surface area contributed by atoms with Gasteiger partial charge in [-0.25, -0.2) is 4.98 Å². The Bertz CT molecular complexity index is 3030. The van der Waals surface area contributed by atoms with Crippen molar-refractivity contribution in [3.8, 4) is 0 Å². The quantitative estimate of drug-likeness (QED) is 0.0647. The molecule has 16 heteroatoms. The number of aromatic nitrogens is 1. The van der Waals surface area contributed by atoms with E-state index in [2.05, 4.69) is 6.58 Å². The van der Waals surface area contributed by atoms with Crippen LogP contribution in [-0.2, 0) is 6.54 Å². The monoisotopic (exact) mass is 979 g/mol. The zero-order valence-electron chi connectivity index (χ0n) is 32.2. The van der Waals surface area contributed by atoms with Gasteiger partial charge in [0.2, 0.25) is 0 Å². The fraction of sp³-hybridized carbons (Fsp3) is 0.174. The molecule has 62 heavy (non-hydrogen) atoms. The topological polar surface area (TPSA) is 105 Å². The average Bonchev–Trinajstić information content (AvgIpc) is 3.89. The van der Waals surface area contributed by atoms with Crippen molar-refractivity contribution >= 4 is 156 Å². The van der Waals surface area contributed by atoms with Crippen LogP contribution in [0.25, 0.3) is 27.2 Å². The first-order valence-corrected chi connectivity index (χ1v) is 22.7. The van der Waals surface area contributed by atoms with E-state index < -0.39 is 23.6 Å². The van der Waals surface area contributed by atoms with Gasteiger partial charge < -0.3 is 4.90 Å². The highest BCUT2D eigenvalue weighted by Gasteiger charge is 2.42. The van der Waals surface area contributed by atoms with Crippen LogP contribution in [0.4, 0.5) is 5.69 Å². The van der Waals surface area contributed by atoms with E-state index in [1.54, 1.807) is 48.5 Å². The van der Waals surface area contributed by atoms with E-state index >= 15 is 0 Å². The van der Waals surface area contributed by atoms with Crippen LogP contribution < -0.4 is 4.90 Å². The molecule has 0 spiro atoms. The molecule has 0 bridgehead atoms. The van der Waals surface area contributed by atoms with Crippen LogP contribution in [0.1, 0.15) is 100 Å². The smallest absolute Gasteiger partial charge is 0.261 e. The van der Waals surface area contributed by atoms with Gasteiger partial charge in [0.15, 0.2) is 12.1 Å². The summed E-state index contributed by atoms with van der Waals surface area (Å²) in [5, 5.41) is 1.68. The van der Waals surface area contributed by atoms with Crippen molar-refractivity contribution < 1.29 is 24.0 Å². The molecule has 1 aliphatic heterocycles. The van der Waals surface area contributed by atoms with Crippen molar-refractivity contribution in [2.45, 2.75) is 48.3 Å². The highest BCUT2D eigenvalue weighted by atomic mass is 35.5. The number of halogens is 7. The van der Waals surface area contributed by atoms with E-state index in [1.807, 2.05) is 12.1 Å². The van der Waals surface area contributed by atoms with Gasteiger partial charge in [0.1, 0.15) is 0 Å². The summed E-state index contributed by atoms with van der Waals surface area (Å²) in [5.74, 6) is -3.20. The predicted molar refractivity (Wildman–Crippen MR) is 250 cm³/mol. The zero-order chi connectivity index (χ0) is 44.0. The molecule has 1 atom stereocenters. The van der Waals surface area contributed by atoms with Crippen molar-refractivity contribution in [2.24, 2.45) is 0 Å². The second-order valence-corrected chi connectivity index (χ2v) is 19.1. The Morgan fingerprint density at radius 3 is 2.10 bits per heavy atom. The molecule has 1 fully saturated rings. The summed E-state index contributed by atoms with van der Waals surface area (Å²) in [6, 6.07) is 17.2. The number of thioether (sulfide) groups is 1. The summed E-state index contributed by atoms with van der Waals surface area (Å²) >= 11 is 47.9. The number of aldehydes is 1. The number of amides is 3. The van der Waals surface area contributed by atoms with Gasteiger partial charge in [0, 0.05) is 55.8 Å². The van der Waals surface area contributed by atoms with E-state index in [4.69, 9.17) is 86.2 Å². The Labute approximate surface area is 394 Å². The molecular formula is C46H28Cl7N3O5S. The zero-order valence-corrected chi connectivity index (χ0v) is 38.3. The first-order valence-electron chi connectivity index (χ1n) is 19.2. The number of hydrogen-bond donors (Lipinski definition) is 0. The number of Topliss-reactive ketones (excluding diaryl/α,β-unsaturated/α-hetero) is 1. The van der Waals surface area contributed by atoms with E-state index in [0.29, 0.717) is 49.8 Å². The van der Waals surface area contributed by atoms with Crippen LogP contribution in [0.15, 0.2) is 72.1 Å². The number of carbonyl (C=O) groups is 5. The molecule has 3 aliphatic rings. The molecule has 1 aromatic heterocycles. The van der Waals surface area contributed by atoms with Crippen LogP contribution in [0.2, 0.25) is 35.2 Å². The Kier molecular flexibility index (Phi) is 11.4. The molecule has 2 heterocycles. The molecule has 0 saturated heterocycles. The number of fused-ring (bicyclic) bond motifs is 2. The molecule has 8 nitrogen and oxygen atoms in total. The Morgan fingerprint density at radius 2 is 1.45 bits per heavy atom. The van der Waals surface area contributed by atoms with Crippen LogP contribution in [0, 0.1) is 0 Å². The summed E-state index contributed by atoms with van der Waals surface area (Å²) in [6.45, 7) is 4.11. The van der Waals surface area contributed by atoms with Gasteiger partial charge in [-0.3, -0.25) is 28.9 Å². The van der Waals surface area contributed by atoms with E-state index in [0.717, 1.165) is 36.0 Å². The molecule has 0 N–H and O–H groups in total. The van der Waals surface area contributed by atoms with Crippen molar-refractivity contribution in [3.05, 3.63) is 147 Å². The number of pyridine rings is 1. The van der Waals surface area contributed by atoms with Crippen LogP contribution in [-0.4, -0.2) is 52.0 Å². The lowest BCUT2D eigenvalue weighted by atomic mass is 9.93. The van der Waals surface area contributed by atoms with Gasteiger partial charge in [0.05, 0.1) is 70.1 Å². The minimum absolute atomic E-state index is 0.165. The third-order valence-electron chi connectivity index (χ3n) is 11.8. The summed E-state index contributed by atoms with van der Waals surface area (Å²) in [4.78, 5) is 77.4. The molecule has 5 aromatic carbocycles. The first-order chi connectivity index (χ1) is 29.7. The van der Waals surface area contributed by atoms with Crippen LogP contribution >= 0.6 is 93.0 Å². The maximum atomic E-state index is 14.6. The summed E-state index contributed by atoms with van der Waals surface area (Å²) in [5.41, 5.74) is 2.16. The lowest BCUT2D eigenvalue weighted by Gasteiger charge is -2.28. The van der Waals surface area contributed by atoms with Gasteiger partial charge in [-0.15, -0.1) is 11.8 Å². The second kappa shape index (κ2) is 16.4. The molecule has 1 saturated carbocycles. The minimum Gasteiger partial charge on any atom is -0.309 e. The number of anilines is 1. The molecule has 3 amide bonds. The van der Waals surface area contributed by atoms with E-state index in [9.17, 15) is 24.0 Å². The lowest BCUT2D eigenvalue weighted by Crippen LogP contribution is -2.39. The maximum absolute atomic E-state index is 14.6. The number of nitrogens with zero attached hydrogens (tertiary/aromatic N) is 3. The predicted octanol–water partition coefficient (Wildman–Crippen LogP) is 13.9. The van der Waals surface area contributed by atoms with Crippen molar-refractivity contribution in [2.75, 3.05) is 11.9 Å². The third kappa shape index (κ3) is 6.66. The summed E-state index contributed by atoms with van der Waals surface area (Å²) < 4.78 is 0. The Balaban J connectivity index is 1.18. The molecular weight excluding hydrogens is 955 g/mol. The van der Waals surface area contributed by atoms with Crippen molar-refractivity contribution in [1.29, 1.82) is 0 Å². The number of benzene rings is 5. The van der Waals surface area contributed by atoms with Gasteiger partial charge in [-0.05, 0) is 53.6 Å². The van der Waals surface area contributed by atoms with E-state index in [-0.39, 0.29) is 86.3 Å². The van der Waals surface area contributed by atoms with Gasteiger partial charge in [0.25, 0.3) is 17.7 Å². The Hall–Kier alpha value is -4.16. The lowest BCUT2D eigenvalue weighted by molar-refractivity contribution is 0.0598. The first kappa shape index (κ1) is 43.1. The molecule has 0 radical (unpaired) electrons. The SMILES string of the molecule is C=C1c2c(Cl)c(Cl)c(SC3CCCC3)c(Cl)c2C(=O)C1c1ccc2c(CN3C(=O)c4cccc5cccc(c45)C3=O)ccc(N(C)C(=O)c3c(Cl)c(Cl)c(Cl)c(Cl)c3C=O)c2n1. The Morgan fingerprint density at radius 1 is 0.806 bits per heavy atom. The summed E-state index contributed by atoms with van der Waals surface area (Å²) in [7, 11) is 1.43. The van der Waals surface area contributed by atoms with E-state index in [1.165, 1.54) is 23.7 Å². The van der Waals surface area contributed by atoms with Gasteiger partial charge >= 0.3 is 0 Å². The van der Waals surface area contributed by atoms with Crippen molar-refractivity contribution in [3.63, 3.8) is 0 Å². The highest BCUT2D eigenvalue weighted by molar-refractivity contribution is 8.00. The second-order valence-electron chi connectivity index (χ2n) is 15.2. The third-order valence-corrected chi connectivity index (χ3v) is 16.5. The van der Waals surface area contributed by atoms with Gasteiger partial charge in [-0.1, -0.05) is 137 Å². The van der Waals surface area contributed by atoms with Crippen LogP contribution in [0.5, 0.6) is 0 Å². The fourth-order valence-electron chi connectivity index (χ4n) is 8.69. The maximum Gasteiger partial charge on any atom is 0.261 e.